The smallest absolute Gasteiger partial charge is 0.277 e. The molecule has 0 radical (unpaired) electrons. The molecule has 1 N–H and O–H groups in total. The van der Waals surface area contributed by atoms with Crippen molar-refractivity contribution in [3.63, 3.8) is 0 Å². The summed E-state index contributed by atoms with van der Waals surface area (Å²) in [4.78, 5) is 11.9. The summed E-state index contributed by atoms with van der Waals surface area (Å²) in [5.41, 5.74) is 4.65. The van der Waals surface area contributed by atoms with Crippen LogP contribution in [0.5, 0.6) is 11.5 Å². The van der Waals surface area contributed by atoms with Gasteiger partial charge in [-0.05, 0) is 59.4 Å². The first-order valence-corrected chi connectivity index (χ1v) is 9.66. The lowest BCUT2D eigenvalue weighted by Gasteiger charge is -2.19. The Hall–Kier alpha value is -2.82. The van der Waals surface area contributed by atoms with Gasteiger partial charge in [-0.15, -0.1) is 0 Å². The zero-order valence-electron chi connectivity index (χ0n) is 17.2. The summed E-state index contributed by atoms with van der Waals surface area (Å²) < 4.78 is 11.1. The predicted octanol–water partition coefficient (Wildman–Crippen LogP) is 4.69. The van der Waals surface area contributed by atoms with Gasteiger partial charge < -0.3 is 9.47 Å². The normalized spacial score (nSPS) is 11.4. The maximum absolute atomic E-state index is 11.9. The highest BCUT2D eigenvalue weighted by Gasteiger charge is 2.13. The van der Waals surface area contributed by atoms with Gasteiger partial charge in [0.15, 0.2) is 6.61 Å². The third-order valence-corrected chi connectivity index (χ3v) is 4.14. The van der Waals surface area contributed by atoms with Crippen LogP contribution >= 0.6 is 0 Å². The summed E-state index contributed by atoms with van der Waals surface area (Å²) >= 11 is 0. The summed E-state index contributed by atoms with van der Waals surface area (Å²) in [7, 11) is 0. The lowest BCUT2D eigenvalue weighted by Crippen LogP contribution is -2.24. The number of nitrogens with zero attached hydrogens (tertiary/aromatic N) is 1. The van der Waals surface area contributed by atoms with Gasteiger partial charge in [0.25, 0.3) is 5.91 Å². The molecular formula is C23H30N2O3. The molecule has 5 nitrogen and oxygen atoms in total. The molecule has 0 aromatic heterocycles. The van der Waals surface area contributed by atoms with E-state index in [9.17, 15) is 4.79 Å². The van der Waals surface area contributed by atoms with Crippen LogP contribution in [0.25, 0.3) is 0 Å². The predicted molar refractivity (Wildman–Crippen MR) is 113 cm³/mol. The van der Waals surface area contributed by atoms with Crippen LogP contribution in [0, 0.1) is 0 Å². The van der Waals surface area contributed by atoms with E-state index < -0.39 is 0 Å². The van der Waals surface area contributed by atoms with Crippen molar-refractivity contribution in [1.29, 1.82) is 0 Å². The molecule has 0 aliphatic heterocycles. The number of hydrazone groups is 1. The van der Waals surface area contributed by atoms with Crippen LogP contribution in [0.1, 0.15) is 51.7 Å². The number of nitrogens with one attached hydrogen (secondary N) is 1. The first-order valence-electron chi connectivity index (χ1n) is 9.66. The zero-order valence-corrected chi connectivity index (χ0v) is 17.2. The second kappa shape index (κ2) is 10.5. The molecule has 2 aromatic rings. The molecule has 28 heavy (non-hydrogen) atoms. The Bertz CT molecular complexity index is 760. The molecule has 0 heterocycles. The number of benzene rings is 2. The first kappa shape index (κ1) is 21.5. The van der Waals surface area contributed by atoms with E-state index in [0.717, 1.165) is 30.8 Å². The Kier molecular flexibility index (Phi) is 8.05. The maximum atomic E-state index is 11.9. The molecule has 1 amide bonds. The van der Waals surface area contributed by atoms with Gasteiger partial charge in [-0.1, -0.05) is 46.2 Å². The lowest BCUT2D eigenvalue weighted by molar-refractivity contribution is -0.123. The van der Waals surface area contributed by atoms with Crippen molar-refractivity contribution < 1.29 is 14.3 Å². The Morgan fingerprint density at radius 1 is 1.00 bits per heavy atom. The number of hydrogen-bond acceptors (Lipinski definition) is 4. The first-order chi connectivity index (χ1) is 13.4. The molecule has 2 rings (SSSR count). The second-order valence-corrected chi connectivity index (χ2v) is 7.63. The number of unbranched alkanes of at least 4 members (excludes halogenated alkanes) is 1. The van der Waals surface area contributed by atoms with Crippen molar-refractivity contribution in [3.8, 4) is 11.5 Å². The second-order valence-electron chi connectivity index (χ2n) is 7.63. The van der Waals surface area contributed by atoms with E-state index in [2.05, 4.69) is 38.2 Å². The van der Waals surface area contributed by atoms with Crippen LogP contribution in [0.4, 0.5) is 0 Å². The molecule has 5 heteroatoms. The van der Waals surface area contributed by atoms with Gasteiger partial charge in [-0.3, -0.25) is 4.79 Å². The molecule has 0 aliphatic carbocycles. The van der Waals surface area contributed by atoms with Gasteiger partial charge in [-0.2, -0.15) is 5.10 Å². The molecule has 0 unspecified atom stereocenters. The zero-order chi connectivity index (χ0) is 20.4. The van der Waals surface area contributed by atoms with Gasteiger partial charge in [-0.25, -0.2) is 5.43 Å². The molecule has 0 fully saturated rings. The Morgan fingerprint density at radius 2 is 1.61 bits per heavy atom. The number of rotatable bonds is 9. The topological polar surface area (TPSA) is 59.9 Å². The monoisotopic (exact) mass is 382 g/mol. The van der Waals surface area contributed by atoms with E-state index in [0.29, 0.717) is 5.75 Å². The number of carbonyl (C=O) groups excluding carboxylic acids is 1. The molecule has 150 valence electrons. The van der Waals surface area contributed by atoms with E-state index in [1.165, 1.54) is 5.56 Å². The highest BCUT2D eigenvalue weighted by atomic mass is 16.5. The standard InChI is InChI=1S/C23H30N2O3/c1-5-6-15-27-20-11-7-18(8-12-20)16-24-25-22(26)17-28-21-13-9-19(10-14-21)23(2,3)4/h7-14,16H,5-6,15,17H2,1-4H3,(H,25,26)/b24-16+. The van der Waals surface area contributed by atoms with Gasteiger partial charge in [0.1, 0.15) is 11.5 Å². The van der Waals surface area contributed by atoms with Gasteiger partial charge >= 0.3 is 0 Å². The molecular weight excluding hydrogens is 352 g/mol. The van der Waals surface area contributed by atoms with Gasteiger partial charge in [0.05, 0.1) is 12.8 Å². The van der Waals surface area contributed by atoms with Crippen LogP contribution in [0.15, 0.2) is 53.6 Å². The van der Waals surface area contributed by atoms with E-state index in [4.69, 9.17) is 9.47 Å². The Balaban J connectivity index is 1.74. The van der Waals surface area contributed by atoms with E-state index >= 15 is 0 Å². The fourth-order valence-corrected chi connectivity index (χ4v) is 2.40. The summed E-state index contributed by atoms with van der Waals surface area (Å²) in [6.45, 7) is 9.23. The van der Waals surface area contributed by atoms with Crippen molar-refractivity contribution in [2.45, 2.75) is 46.0 Å². The highest BCUT2D eigenvalue weighted by molar-refractivity contribution is 5.83. The average molecular weight is 383 g/mol. The van der Waals surface area contributed by atoms with Crippen molar-refractivity contribution >= 4 is 12.1 Å². The quantitative estimate of drug-likeness (QED) is 0.389. The molecule has 2 aromatic carbocycles. The Labute approximate surface area is 167 Å². The van der Waals surface area contributed by atoms with Crippen LogP contribution < -0.4 is 14.9 Å². The van der Waals surface area contributed by atoms with E-state index in [1.807, 2.05) is 48.5 Å². The minimum atomic E-state index is -0.310. The van der Waals surface area contributed by atoms with E-state index in [-0.39, 0.29) is 17.9 Å². The summed E-state index contributed by atoms with van der Waals surface area (Å²) in [5.74, 6) is 1.18. The van der Waals surface area contributed by atoms with Crippen LogP contribution in [0.2, 0.25) is 0 Å². The molecule has 0 saturated carbocycles. The summed E-state index contributed by atoms with van der Waals surface area (Å²) in [5, 5.41) is 3.96. The largest absolute Gasteiger partial charge is 0.494 e. The van der Waals surface area contributed by atoms with Crippen molar-refractivity contribution in [2.24, 2.45) is 5.10 Å². The third kappa shape index (κ3) is 7.43. The molecule has 0 spiro atoms. The Morgan fingerprint density at radius 3 is 2.21 bits per heavy atom. The van der Waals surface area contributed by atoms with Crippen molar-refractivity contribution in [2.75, 3.05) is 13.2 Å². The fourth-order valence-electron chi connectivity index (χ4n) is 2.40. The lowest BCUT2D eigenvalue weighted by atomic mass is 9.87. The number of amides is 1. The van der Waals surface area contributed by atoms with Crippen LogP contribution in [-0.2, 0) is 10.2 Å². The SMILES string of the molecule is CCCCOc1ccc(/C=N/NC(=O)COc2ccc(C(C)(C)C)cc2)cc1. The van der Waals surface area contributed by atoms with Crippen molar-refractivity contribution in [3.05, 3.63) is 59.7 Å². The van der Waals surface area contributed by atoms with E-state index in [1.54, 1.807) is 6.21 Å². The molecule has 0 saturated heterocycles. The van der Waals surface area contributed by atoms with Gasteiger partial charge in [0.2, 0.25) is 0 Å². The number of ether oxygens (including phenoxy) is 2. The summed E-state index contributed by atoms with van der Waals surface area (Å²) in [6, 6.07) is 15.4. The minimum absolute atomic E-state index is 0.0869. The minimum Gasteiger partial charge on any atom is -0.494 e. The maximum Gasteiger partial charge on any atom is 0.277 e. The molecule has 0 aliphatic rings. The fraction of sp³-hybridized carbons (Fsp3) is 0.391. The van der Waals surface area contributed by atoms with Crippen LogP contribution in [0.3, 0.4) is 0 Å². The number of carbonyl (C=O) groups is 1. The van der Waals surface area contributed by atoms with Gasteiger partial charge in [0, 0.05) is 0 Å². The van der Waals surface area contributed by atoms with Crippen molar-refractivity contribution in [1.82, 2.24) is 5.43 Å². The van der Waals surface area contributed by atoms with Crippen LogP contribution in [-0.4, -0.2) is 25.3 Å². The number of hydrogen-bond donors (Lipinski definition) is 1. The molecule has 0 atom stereocenters. The molecule has 0 bridgehead atoms. The average Bonchev–Trinajstić information content (AvgIpc) is 2.67. The third-order valence-electron chi connectivity index (χ3n) is 4.14. The summed E-state index contributed by atoms with van der Waals surface area (Å²) in [6.07, 6.45) is 3.74. The highest BCUT2D eigenvalue weighted by Crippen LogP contribution is 2.24.